The molecule has 0 aliphatic rings. The molecular formula is C12H9F3O2S. The molecule has 18 heavy (non-hydrogen) atoms. The number of ether oxygens (including phenoxy) is 1. The Morgan fingerprint density at radius 1 is 1.17 bits per heavy atom. The van der Waals surface area contributed by atoms with Gasteiger partial charge in [0.2, 0.25) is 0 Å². The smallest absolute Gasteiger partial charge is 0.161 e. The van der Waals surface area contributed by atoms with Gasteiger partial charge in [-0.05, 0) is 17.5 Å². The summed E-state index contributed by atoms with van der Waals surface area (Å²) in [5.41, 5.74) is -0.324. The fraction of sp³-hybridized carbons (Fsp3) is 0.167. The number of thiophene rings is 1. The molecule has 6 heteroatoms. The summed E-state index contributed by atoms with van der Waals surface area (Å²) in [4.78, 5) is 0.336. The summed E-state index contributed by atoms with van der Waals surface area (Å²) in [6.07, 6.45) is -1.39. The van der Waals surface area contributed by atoms with Crippen LogP contribution >= 0.6 is 11.3 Å². The van der Waals surface area contributed by atoms with Crippen molar-refractivity contribution in [2.75, 3.05) is 7.11 Å². The van der Waals surface area contributed by atoms with Crippen molar-refractivity contribution in [3.8, 4) is 5.75 Å². The molecule has 0 saturated carbocycles. The lowest BCUT2D eigenvalue weighted by Gasteiger charge is -2.12. The average molecular weight is 274 g/mol. The lowest BCUT2D eigenvalue weighted by atomic mass is 10.1. The standard InChI is InChI=1S/C12H9F3O2S/c1-17-10-2-3-18-12(10)11(16)6-4-8(14)9(15)5-7(6)13/h2-5,11,16H,1H3. The Bertz CT molecular complexity index is 568. The van der Waals surface area contributed by atoms with Gasteiger partial charge in [-0.2, -0.15) is 0 Å². The van der Waals surface area contributed by atoms with Crippen LogP contribution in [0.2, 0.25) is 0 Å². The summed E-state index contributed by atoms with van der Waals surface area (Å²) in [5.74, 6) is -3.13. The molecule has 2 aromatic rings. The minimum absolute atomic E-state index is 0.324. The third-order valence-corrected chi connectivity index (χ3v) is 3.41. The van der Waals surface area contributed by atoms with Gasteiger partial charge < -0.3 is 9.84 Å². The van der Waals surface area contributed by atoms with E-state index in [1.807, 2.05) is 0 Å². The van der Waals surface area contributed by atoms with Crippen molar-refractivity contribution in [3.05, 3.63) is 51.5 Å². The van der Waals surface area contributed by atoms with Gasteiger partial charge in [-0.25, -0.2) is 13.2 Å². The van der Waals surface area contributed by atoms with E-state index >= 15 is 0 Å². The molecule has 96 valence electrons. The normalized spacial score (nSPS) is 12.5. The number of hydrogen-bond acceptors (Lipinski definition) is 3. The molecule has 1 heterocycles. The van der Waals surface area contributed by atoms with Crippen molar-refractivity contribution in [2.45, 2.75) is 6.10 Å². The largest absolute Gasteiger partial charge is 0.495 e. The predicted octanol–water partition coefficient (Wildman–Crippen LogP) is 3.26. The second-order valence-electron chi connectivity index (χ2n) is 3.54. The molecule has 0 saturated heterocycles. The van der Waals surface area contributed by atoms with Crippen molar-refractivity contribution in [3.63, 3.8) is 0 Å². The van der Waals surface area contributed by atoms with Crippen LogP contribution in [0.3, 0.4) is 0 Å². The molecule has 0 spiro atoms. The Balaban J connectivity index is 2.46. The summed E-state index contributed by atoms with van der Waals surface area (Å²) in [5, 5.41) is 11.6. The van der Waals surface area contributed by atoms with Crippen molar-refractivity contribution < 1.29 is 23.0 Å². The number of methoxy groups -OCH3 is 1. The highest BCUT2D eigenvalue weighted by Gasteiger charge is 2.22. The molecule has 1 unspecified atom stereocenters. The summed E-state index contributed by atoms with van der Waals surface area (Å²) in [6, 6.07) is 2.66. The van der Waals surface area contributed by atoms with E-state index in [0.29, 0.717) is 22.8 Å². The van der Waals surface area contributed by atoms with Gasteiger partial charge in [-0.3, -0.25) is 0 Å². The molecule has 0 amide bonds. The molecular weight excluding hydrogens is 265 g/mol. The maximum Gasteiger partial charge on any atom is 0.161 e. The van der Waals surface area contributed by atoms with Crippen LogP contribution in [0.5, 0.6) is 5.75 Å². The highest BCUT2D eigenvalue weighted by Crippen LogP contribution is 2.35. The van der Waals surface area contributed by atoms with Gasteiger partial charge in [-0.1, -0.05) is 0 Å². The molecule has 1 atom stereocenters. The first-order valence-electron chi connectivity index (χ1n) is 4.98. The molecule has 0 aliphatic heterocycles. The van der Waals surface area contributed by atoms with Gasteiger partial charge in [0.1, 0.15) is 17.7 Å². The zero-order valence-corrected chi connectivity index (χ0v) is 10.1. The Morgan fingerprint density at radius 3 is 2.50 bits per heavy atom. The maximum atomic E-state index is 13.5. The van der Waals surface area contributed by atoms with Gasteiger partial charge in [-0.15, -0.1) is 11.3 Å². The first-order valence-corrected chi connectivity index (χ1v) is 5.86. The number of rotatable bonds is 3. The van der Waals surface area contributed by atoms with Gasteiger partial charge in [0.25, 0.3) is 0 Å². The predicted molar refractivity (Wildman–Crippen MR) is 61.2 cm³/mol. The monoisotopic (exact) mass is 274 g/mol. The number of aliphatic hydroxyl groups is 1. The maximum absolute atomic E-state index is 13.5. The van der Waals surface area contributed by atoms with Crippen LogP contribution in [-0.2, 0) is 0 Å². The van der Waals surface area contributed by atoms with Crippen LogP contribution in [0, 0.1) is 17.5 Å². The molecule has 2 nitrogen and oxygen atoms in total. The van der Waals surface area contributed by atoms with Gasteiger partial charge in [0.05, 0.1) is 12.0 Å². The minimum atomic E-state index is -1.39. The van der Waals surface area contributed by atoms with E-state index in [1.54, 1.807) is 11.4 Å². The van der Waals surface area contributed by atoms with Gasteiger partial charge in [0.15, 0.2) is 11.6 Å². The Labute approximate surface area is 105 Å². The van der Waals surface area contributed by atoms with Crippen LogP contribution in [0.1, 0.15) is 16.5 Å². The fourth-order valence-electron chi connectivity index (χ4n) is 1.57. The first-order chi connectivity index (χ1) is 8.54. The third-order valence-electron chi connectivity index (χ3n) is 2.46. The van der Waals surface area contributed by atoms with Crippen molar-refractivity contribution in [1.82, 2.24) is 0 Å². The van der Waals surface area contributed by atoms with Crippen molar-refractivity contribution in [2.24, 2.45) is 0 Å². The lowest BCUT2D eigenvalue weighted by molar-refractivity contribution is 0.213. The van der Waals surface area contributed by atoms with E-state index < -0.39 is 23.6 Å². The molecule has 1 aromatic heterocycles. The summed E-state index contributed by atoms with van der Waals surface area (Å²) in [7, 11) is 1.40. The quantitative estimate of drug-likeness (QED) is 0.871. The van der Waals surface area contributed by atoms with E-state index in [1.165, 1.54) is 7.11 Å². The van der Waals surface area contributed by atoms with Crippen molar-refractivity contribution in [1.29, 1.82) is 0 Å². The topological polar surface area (TPSA) is 29.5 Å². The second-order valence-corrected chi connectivity index (χ2v) is 4.49. The highest BCUT2D eigenvalue weighted by molar-refractivity contribution is 7.10. The van der Waals surface area contributed by atoms with Crippen LogP contribution in [0.25, 0.3) is 0 Å². The summed E-state index contributed by atoms with van der Waals surface area (Å²) >= 11 is 1.14. The van der Waals surface area contributed by atoms with Crippen molar-refractivity contribution >= 4 is 11.3 Å². The van der Waals surface area contributed by atoms with E-state index in [9.17, 15) is 18.3 Å². The van der Waals surface area contributed by atoms with E-state index in [0.717, 1.165) is 11.3 Å². The Kier molecular flexibility index (Phi) is 3.58. The average Bonchev–Trinajstić information content (AvgIpc) is 2.81. The SMILES string of the molecule is COc1ccsc1C(O)c1cc(F)c(F)cc1F. The summed E-state index contributed by atoms with van der Waals surface area (Å²) in [6.45, 7) is 0. The molecule has 1 N–H and O–H groups in total. The molecule has 0 aliphatic carbocycles. The molecule has 0 radical (unpaired) electrons. The zero-order valence-electron chi connectivity index (χ0n) is 9.28. The van der Waals surface area contributed by atoms with Gasteiger partial charge in [0, 0.05) is 11.6 Å². The molecule has 0 fully saturated rings. The Hall–Kier alpha value is -1.53. The van der Waals surface area contributed by atoms with Crippen LogP contribution in [0.15, 0.2) is 23.6 Å². The highest BCUT2D eigenvalue weighted by atomic mass is 32.1. The fourth-order valence-corrected chi connectivity index (χ4v) is 2.43. The Morgan fingerprint density at radius 2 is 1.83 bits per heavy atom. The third kappa shape index (κ3) is 2.21. The van der Waals surface area contributed by atoms with Crippen LogP contribution < -0.4 is 4.74 Å². The number of halogens is 3. The molecule has 1 aromatic carbocycles. The number of hydrogen-bond donors (Lipinski definition) is 1. The van der Waals surface area contributed by atoms with E-state index in [2.05, 4.69) is 0 Å². The van der Waals surface area contributed by atoms with Crippen LogP contribution in [-0.4, -0.2) is 12.2 Å². The summed E-state index contributed by atoms with van der Waals surface area (Å²) < 4.78 is 44.3. The number of benzene rings is 1. The molecule has 0 bridgehead atoms. The van der Waals surface area contributed by atoms with E-state index in [4.69, 9.17) is 4.74 Å². The lowest BCUT2D eigenvalue weighted by Crippen LogP contribution is -2.04. The first kappa shape index (κ1) is 12.9. The van der Waals surface area contributed by atoms with Gasteiger partial charge >= 0.3 is 0 Å². The second kappa shape index (κ2) is 4.99. The van der Waals surface area contributed by atoms with Crippen LogP contribution in [0.4, 0.5) is 13.2 Å². The number of aliphatic hydroxyl groups excluding tert-OH is 1. The minimum Gasteiger partial charge on any atom is -0.495 e. The van der Waals surface area contributed by atoms with E-state index in [-0.39, 0.29) is 5.56 Å². The zero-order chi connectivity index (χ0) is 13.3. The molecule has 2 rings (SSSR count).